The van der Waals surface area contributed by atoms with Crippen molar-refractivity contribution >= 4 is 29.5 Å². The molecule has 0 aromatic heterocycles. The van der Waals surface area contributed by atoms with Gasteiger partial charge in [-0.05, 0) is 23.8 Å². The number of nitrogens with one attached hydrogen (secondary N) is 1. The number of hydrogen-bond donors (Lipinski definition) is 1. The molecule has 1 aromatic carbocycles. The maximum absolute atomic E-state index is 14.4. The van der Waals surface area contributed by atoms with E-state index in [9.17, 15) is 14.0 Å². The van der Waals surface area contributed by atoms with Crippen molar-refractivity contribution < 1.29 is 18.7 Å². The highest BCUT2D eigenvalue weighted by atomic mass is 19.1. The third-order valence-corrected chi connectivity index (χ3v) is 3.95. The molecule has 2 aliphatic heterocycles. The predicted molar refractivity (Wildman–Crippen MR) is 88.7 cm³/mol. The van der Waals surface area contributed by atoms with Gasteiger partial charge in [0.25, 0.3) is 0 Å². The van der Waals surface area contributed by atoms with E-state index in [0.717, 1.165) is 5.57 Å². The summed E-state index contributed by atoms with van der Waals surface area (Å²) in [7, 11) is 0. The van der Waals surface area contributed by atoms with E-state index in [1.165, 1.54) is 17.9 Å². The molecule has 1 atom stereocenters. The Morgan fingerprint density at radius 3 is 3.00 bits per heavy atom. The predicted octanol–water partition coefficient (Wildman–Crippen LogP) is 2.14. The summed E-state index contributed by atoms with van der Waals surface area (Å²) in [6.45, 7) is 2.46. The van der Waals surface area contributed by atoms with Crippen molar-refractivity contribution in [1.29, 1.82) is 0 Å². The highest BCUT2D eigenvalue weighted by Gasteiger charge is 2.32. The summed E-state index contributed by atoms with van der Waals surface area (Å²) in [6.07, 6.45) is 3.28. The molecule has 0 saturated carbocycles. The zero-order valence-corrected chi connectivity index (χ0v) is 13.3. The quantitative estimate of drug-likeness (QED) is 0.919. The van der Waals surface area contributed by atoms with Gasteiger partial charge in [-0.1, -0.05) is 6.08 Å². The summed E-state index contributed by atoms with van der Waals surface area (Å²) in [5.41, 5.74) is 1.85. The van der Waals surface area contributed by atoms with Crippen molar-refractivity contribution in [2.45, 2.75) is 19.4 Å². The largest absolute Gasteiger partial charge is 0.442 e. The molecular weight excluding hydrogens is 313 g/mol. The zero-order chi connectivity index (χ0) is 17.1. The molecular formula is C17H18FN3O3. The number of halogens is 1. The van der Waals surface area contributed by atoms with Crippen LogP contribution in [0.4, 0.5) is 14.9 Å². The number of carbonyl (C=O) groups is 2. The van der Waals surface area contributed by atoms with Crippen LogP contribution in [0.2, 0.25) is 0 Å². The second-order valence-corrected chi connectivity index (χ2v) is 5.70. The maximum atomic E-state index is 14.4. The first-order valence-electron chi connectivity index (χ1n) is 7.74. The van der Waals surface area contributed by atoms with E-state index in [2.05, 4.69) is 10.3 Å². The van der Waals surface area contributed by atoms with E-state index >= 15 is 0 Å². The van der Waals surface area contributed by atoms with Crippen LogP contribution < -0.4 is 10.2 Å². The van der Waals surface area contributed by atoms with Gasteiger partial charge in [0.2, 0.25) is 5.91 Å². The van der Waals surface area contributed by atoms with Crippen LogP contribution in [0.25, 0.3) is 5.57 Å². The molecule has 0 bridgehead atoms. The lowest BCUT2D eigenvalue weighted by Crippen LogP contribution is -2.33. The van der Waals surface area contributed by atoms with E-state index in [4.69, 9.17) is 4.74 Å². The third kappa shape index (κ3) is 3.45. The Labute approximate surface area is 139 Å². The number of rotatable bonds is 4. The molecule has 24 heavy (non-hydrogen) atoms. The Bertz CT molecular complexity index is 730. The molecule has 1 unspecified atom stereocenters. The van der Waals surface area contributed by atoms with Gasteiger partial charge in [-0.25, -0.2) is 9.18 Å². The van der Waals surface area contributed by atoms with Gasteiger partial charge in [0.1, 0.15) is 11.9 Å². The standard InChI is InChI=1S/C17H18FN3O3/c1-11(22)20-9-14-10-21(17(23)24-14)13-2-3-15(16(18)8-13)12-4-6-19-7-5-12/h2-4,7-8,14H,5-6,9-10H2,1H3,(H,20,22). The van der Waals surface area contributed by atoms with E-state index in [0.29, 0.717) is 24.2 Å². The highest BCUT2D eigenvalue weighted by molar-refractivity contribution is 5.90. The molecule has 126 valence electrons. The van der Waals surface area contributed by atoms with Crippen molar-refractivity contribution in [2.75, 3.05) is 24.5 Å². The van der Waals surface area contributed by atoms with Gasteiger partial charge in [0.05, 0.1) is 25.3 Å². The summed E-state index contributed by atoms with van der Waals surface area (Å²) >= 11 is 0. The smallest absolute Gasteiger partial charge is 0.414 e. The second kappa shape index (κ2) is 6.82. The van der Waals surface area contributed by atoms with Gasteiger partial charge >= 0.3 is 6.09 Å². The summed E-state index contributed by atoms with van der Waals surface area (Å²) in [5, 5.41) is 2.61. The molecule has 2 aliphatic rings. The zero-order valence-electron chi connectivity index (χ0n) is 13.3. The highest BCUT2D eigenvalue weighted by Crippen LogP contribution is 2.28. The van der Waals surface area contributed by atoms with Gasteiger partial charge in [0, 0.05) is 25.1 Å². The molecule has 0 aliphatic carbocycles. The van der Waals surface area contributed by atoms with Crippen molar-refractivity contribution in [3.63, 3.8) is 0 Å². The number of hydrogen-bond acceptors (Lipinski definition) is 4. The number of carbonyl (C=O) groups excluding carboxylic acids is 2. The van der Waals surface area contributed by atoms with Crippen molar-refractivity contribution in [3.8, 4) is 0 Å². The van der Waals surface area contributed by atoms with Crippen LogP contribution in [0, 0.1) is 5.82 Å². The van der Waals surface area contributed by atoms with E-state index < -0.39 is 12.2 Å². The number of cyclic esters (lactones) is 1. The SMILES string of the molecule is CC(=O)NCC1CN(c2ccc(C3=CCN=CC3)c(F)c2)C(=O)O1. The Kier molecular flexibility index (Phi) is 4.59. The number of ether oxygens (including phenoxy) is 1. The minimum absolute atomic E-state index is 0.191. The number of dihydropyridines is 1. The summed E-state index contributed by atoms with van der Waals surface area (Å²) in [4.78, 5) is 28.4. The van der Waals surface area contributed by atoms with E-state index in [-0.39, 0.29) is 24.8 Å². The molecule has 3 rings (SSSR count). The summed E-state index contributed by atoms with van der Waals surface area (Å²) in [6, 6.07) is 4.71. The molecule has 2 heterocycles. The fraction of sp³-hybridized carbons (Fsp3) is 0.353. The van der Waals surface area contributed by atoms with Gasteiger partial charge in [-0.2, -0.15) is 0 Å². The fourth-order valence-electron chi connectivity index (χ4n) is 2.73. The molecule has 1 aromatic rings. The van der Waals surface area contributed by atoms with E-state index in [1.807, 2.05) is 6.08 Å². The molecule has 1 saturated heterocycles. The third-order valence-electron chi connectivity index (χ3n) is 3.95. The minimum Gasteiger partial charge on any atom is -0.442 e. The fourth-order valence-corrected chi connectivity index (χ4v) is 2.73. The van der Waals surface area contributed by atoms with Gasteiger partial charge in [0.15, 0.2) is 0 Å². The lowest BCUT2D eigenvalue weighted by Gasteiger charge is -2.16. The topological polar surface area (TPSA) is 71.0 Å². The van der Waals surface area contributed by atoms with Crippen LogP contribution in [-0.4, -0.2) is 44.0 Å². The maximum Gasteiger partial charge on any atom is 0.414 e. The number of benzene rings is 1. The Morgan fingerprint density at radius 2 is 2.33 bits per heavy atom. The number of allylic oxidation sites excluding steroid dienone is 1. The van der Waals surface area contributed by atoms with Gasteiger partial charge in [-0.15, -0.1) is 0 Å². The van der Waals surface area contributed by atoms with Crippen LogP contribution in [0.3, 0.4) is 0 Å². The Balaban J connectivity index is 1.73. The normalized spacial score (nSPS) is 19.9. The van der Waals surface area contributed by atoms with Crippen LogP contribution in [0.5, 0.6) is 0 Å². The lowest BCUT2D eigenvalue weighted by atomic mass is 10.0. The number of nitrogens with zero attached hydrogens (tertiary/aromatic N) is 2. The number of aliphatic imine (C=N–C) groups is 1. The monoisotopic (exact) mass is 331 g/mol. The van der Waals surface area contributed by atoms with Crippen molar-refractivity contribution in [1.82, 2.24) is 5.32 Å². The molecule has 6 nitrogen and oxygen atoms in total. The summed E-state index contributed by atoms with van der Waals surface area (Å²) < 4.78 is 19.6. The molecule has 0 spiro atoms. The molecule has 1 N–H and O–H groups in total. The van der Waals surface area contributed by atoms with Gasteiger partial charge < -0.3 is 10.1 Å². The van der Waals surface area contributed by atoms with Crippen LogP contribution in [-0.2, 0) is 9.53 Å². The minimum atomic E-state index is -0.540. The number of amides is 2. The average molecular weight is 331 g/mol. The second-order valence-electron chi connectivity index (χ2n) is 5.70. The lowest BCUT2D eigenvalue weighted by molar-refractivity contribution is -0.119. The van der Waals surface area contributed by atoms with Crippen LogP contribution in [0.15, 0.2) is 29.3 Å². The first-order chi connectivity index (χ1) is 11.5. The average Bonchev–Trinajstić information content (AvgIpc) is 2.94. The molecule has 1 fully saturated rings. The van der Waals surface area contributed by atoms with Crippen LogP contribution in [0.1, 0.15) is 18.9 Å². The van der Waals surface area contributed by atoms with E-state index in [1.54, 1.807) is 18.3 Å². The molecule has 7 heteroatoms. The Hall–Kier alpha value is -2.70. The van der Waals surface area contributed by atoms with Gasteiger partial charge in [-0.3, -0.25) is 14.7 Å². The molecule has 2 amide bonds. The first-order valence-corrected chi connectivity index (χ1v) is 7.74. The molecule has 0 radical (unpaired) electrons. The summed E-state index contributed by atoms with van der Waals surface area (Å²) in [5.74, 6) is -0.573. The van der Waals surface area contributed by atoms with Crippen LogP contribution >= 0.6 is 0 Å². The Morgan fingerprint density at radius 1 is 1.50 bits per heavy atom. The number of anilines is 1. The van der Waals surface area contributed by atoms with Crippen molar-refractivity contribution in [3.05, 3.63) is 35.7 Å². The first kappa shape index (κ1) is 16.2. The van der Waals surface area contributed by atoms with Crippen molar-refractivity contribution in [2.24, 2.45) is 4.99 Å².